The third kappa shape index (κ3) is 3.49. The molecule has 1 aromatic rings. The zero-order valence-electron chi connectivity index (χ0n) is 11.6. The lowest BCUT2D eigenvalue weighted by Gasteiger charge is -2.35. The maximum atomic E-state index is 13.3. The Morgan fingerprint density at radius 2 is 2.29 bits per heavy atom. The van der Waals surface area contributed by atoms with Crippen molar-refractivity contribution >= 4 is 17.7 Å². The predicted molar refractivity (Wildman–Crippen MR) is 74.0 cm³/mol. The first-order chi connectivity index (χ1) is 10.0. The fourth-order valence-corrected chi connectivity index (χ4v) is 2.22. The number of nitrogens with zero attached hydrogens (tertiary/aromatic N) is 1. The fraction of sp³-hybridized carbons (Fsp3) is 0.429. The van der Waals surface area contributed by atoms with Crippen molar-refractivity contribution in [1.82, 2.24) is 4.90 Å². The Balaban J connectivity index is 2.12. The van der Waals surface area contributed by atoms with Crippen LogP contribution in [0.2, 0.25) is 0 Å². The predicted octanol–water partition coefficient (Wildman–Crippen LogP) is 2.17. The molecule has 1 aromatic carbocycles. The Hall–Kier alpha value is -2.15. The molecule has 0 bridgehead atoms. The Bertz CT molecular complexity index is 550. The van der Waals surface area contributed by atoms with E-state index >= 15 is 0 Å². The second kappa shape index (κ2) is 6.53. The molecule has 0 saturated carbocycles. The van der Waals surface area contributed by atoms with Crippen molar-refractivity contribution < 1.29 is 23.8 Å². The van der Waals surface area contributed by atoms with Gasteiger partial charge in [-0.3, -0.25) is 0 Å². The maximum absolute atomic E-state index is 13.3. The summed E-state index contributed by atoms with van der Waals surface area (Å²) in [6.45, 7) is 3.37. The number of urea groups is 1. The van der Waals surface area contributed by atoms with Crippen molar-refractivity contribution in [2.24, 2.45) is 0 Å². The van der Waals surface area contributed by atoms with Crippen LogP contribution in [0.4, 0.5) is 14.9 Å². The average Bonchev–Trinajstić information content (AvgIpc) is 2.48. The number of hydrogen-bond acceptors (Lipinski definition) is 3. The van der Waals surface area contributed by atoms with Gasteiger partial charge in [0.2, 0.25) is 0 Å². The summed E-state index contributed by atoms with van der Waals surface area (Å²) in [5.41, 5.74) is -0.220. The number of aromatic carboxylic acids is 1. The van der Waals surface area contributed by atoms with Gasteiger partial charge in [0.15, 0.2) is 0 Å². The quantitative estimate of drug-likeness (QED) is 0.896. The van der Waals surface area contributed by atoms with E-state index in [1.807, 2.05) is 6.92 Å². The van der Waals surface area contributed by atoms with Crippen LogP contribution in [-0.4, -0.2) is 47.8 Å². The molecule has 1 saturated heterocycles. The SMILES string of the molecule is CCC1COCCN1C(=O)Nc1ccc(F)c(C(=O)O)c1. The molecule has 1 heterocycles. The van der Waals surface area contributed by atoms with Crippen LogP contribution in [0.3, 0.4) is 0 Å². The van der Waals surface area contributed by atoms with Crippen LogP contribution in [-0.2, 0) is 4.74 Å². The van der Waals surface area contributed by atoms with Gasteiger partial charge < -0.3 is 20.1 Å². The molecule has 114 valence electrons. The van der Waals surface area contributed by atoms with E-state index in [1.165, 1.54) is 6.07 Å². The summed E-state index contributed by atoms with van der Waals surface area (Å²) in [5.74, 6) is -2.21. The van der Waals surface area contributed by atoms with Gasteiger partial charge in [0, 0.05) is 12.2 Å². The lowest BCUT2D eigenvalue weighted by atomic mass is 10.1. The van der Waals surface area contributed by atoms with Crippen molar-refractivity contribution in [2.75, 3.05) is 25.1 Å². The van der Waals surface area contributed by atoms with E-state index in [-0.39, 0.29) is 17.8 Å². The summed E-state index contributed by atoms with van der Waals surface area (Å²) in [5, 5.41) is 11.5. The summed E-state index contributed by atoms with van der Waals surface area (Å²) in [6.07, 6.45) is 0.761. The molecule has 6 nitrogen and oxygen atoms in total. The lowest BCUT2D eigenvalue weighted by molar-refractivity contribution is 0.0144. The smallest absolute Gasteiger partial charge is 0.338 e. The summed E-state index contributed by atoms with van der Waals surface area (Å²) < 4.78 is 18.6. The van der Waals surface area contributed by atoms with Gasteiger partial charge in [-0.1, -0.05) is 6.92 Å². The van der Waals surface area contributed by atoms with E-state index in [1.54, 1.807) is 4.90 Å². The lowest BCUT2D eigenvalue weighted by Crippen LogP contribution is -2.50. The van der Waals surface area contributed by atoms with Crippen molar-refractivity contribution in [3.05, 3.63) is 29.6 Å². The summed E-state index contributed by atoms with van der Waals surface area (Å²) in [7, 11) is 0. The highest BCUT2D eigenvalue weighted by Gasteiger charge is 2.26. The number of nitrogens with one attached hydrogen (secondary N) is 1. The maximum Gasteiger partial charge on any atom is 0.338 e. The Kier molecular flexibility index (Phi) is 4.74. The van der Waals surface area contributed by atoms with Crippen LogP contribution < -0.4 is 5.32 Å². The zero-order chi connectivity index (χ0) is 15.4. The van der Waals surface area contributed by atoms with Crippen LogP contribution in [0.15, 0.2) is 18.2 Å². The van der Waals surface area contributed by atoms with Crippen molar-refractivity contribution in [2.45, 2.75) is 19.4 Å². The zero-order valence-corrected chi connectivity index (χ0v) is 11.6. The molecule has 1 aliphatic heterocycles. The molecule has 7 heteroatoms. The molecule has 1 unspecified atom stereocenters. The second-order valence-corrected chi connectivity index (χ2v) is 4.76. The van der Waals surface area contributed by atoms with Crippen LogP contribution in [0.25, 0.3) is 0 Å². The van der Waals surface area contributed by atoms with Crippen molar-refractivity contribution in [3.8, 4) is 0 Å². The van der Waals surface area contributed by atoms with Gasteiger partial charge in [-0.05, 0) is 24.6 Å². The molecule has 21 heavy (non-hydrogen) atoms. The monoisotopic (exact) mass is 296 g/mol. The number of carbonyl (C=O) groups is 2. The van der Waals surface area contributed by atoms with Gasteiger partial charge in [0.1, 0.15) is 5.82 Å². The van der Waals surface area contributed by atoms with E-state index in [2.05, 4.69) is 5.32 Å². The van der Waals surface area contributed by atoms with Gasteiger partial charge in [-0.15, -0.1) is 0 Å². The number of anilines is 1. The highest BCUT2D eigenvalue weighted by atomic mass is 19.1. The molecular weight excluding hydrogens is 279 g/mol. The molecule has 1 aliphatic rings. The van der Waals surface area contributed by atoms with Crippen molar-refractivity contribution in [1.29, 1.82) is 0 Å². The van der Waals surface area contributed by atoms with Crippen LogP contribution in [0.5, 0.6) is 0 Å². The van der Waals surface area contributed by atoms with E-state index in [0.29, 0.717) is 19.8 Å². The van der Waals surface area contributed by atoms with Gasteiger partial charge in [-0.2, -0.15) is 0 Å². The van der Waals surface area contributed by atoms with Gasteiger partial charge >= 0.3 is 12.0 Å². The highest BCUT2D eigenvalue weighted by molar-refractivity contribution is 5.93. The fourth-order valence-electron chi connectivity index (χ4n) is 2.22. The van der Waals surface area contributed by atoms with Gasteiger partial charge in [0.05, 0.1) is 24.8 Å². The molecular formula is C14H17FN2O4. The molecule has 1 atom stereocenters. The average molecular weight is 296 g/mol. The molecule has 2 rings (SSSR count). The minimum atomic E-state index is -1.37. The van der Waals surface area contributed by atoms with E-state index in [4.69, 9.17) is 9.84 Å². The second-order valence-electron chi connectivity index (χ2n) is 4.76. The van der Waals surface area contributed by atoms with Gasteiger partial charge in [-0.25, -0.2) is 14.0 Å². The molecule has 0 radical (unpaired) electrons. The third-order valence-corrected chi connectivity index (χ3v) is 3.41. The standard InChI is InChI=1S/C14H17FN2O4/c1-2-10-8-21-6-5-17(10)14(20)16-9-3-4-12(15)11(7-9)13(18)19/h3-4,7,10H,2,5-6,8H2,1H3,(H,16,20)(H,18,19). The summed E-state index contributed by atoms with van der Waals surface area (Å²) in [6, 6.07) is 3.11. The van der Waals surface area contributed by atoms with E-state index in [0.717, 1.165) is 18.6 Å². The Labute approximate surface area is 121 Å². The summed E-state index contributed by atoms with van der Waals surface area (Å²) in [4.78, 5) is 24.7. The van der Waals surface area contributed by atoms with Crippen LogP contribution in [0.1, 0.15) is 23.7 Å². The topological polar surface area (TPSA) is 78.9 Å². The van der Waals surface area contributed by atoms with Crippen molar-refractivity contribution in [3.63, 3.8) is 0 Å². The molecule has 0 aromatic heterocycles. The number of ether oxygens (including phenoxy) is 1. The number of amides is 2. The molecule has 2 N–H and O–H groups in total. The number of rotatable bonds is 3. The number of carboxylic acids is 1. The largest absolute Gasteiger partial charge is 0.478 e. The normalized spacial score (nSPS) is 18.4. The van der Waals surface area contributed by atoms with Crippen LogP contribution >= 0.6 is 0 Å². The first-order valence-electron chi connectivity index (χ1n) is 6.71. The van der Waals surface area contributed by atoms with Crippen LogP contribution in [0, 0.1) is 5.82 Å². The Morgan fingerprint density at radius 1 is 1.52 bits per heavy atom. The number of halogens is 1. The minimum absolute atomic E-state index is 0.0156. The highest BCUT2D eigenvalue weighted by Crippen LogP contribution is 2.17. The van der Waals surface area contributed by atoms with Gasteiger partial charge in [0.25, 0.3) is 0 Å². The minimum Gasteiger partial charge on any atom is -0.478 e. The molecule has 2 amide bonds. The molecule has 0 spiro atoms. The van der Waals surface area contributed by atoms with E-state index in [9.17, 15) is 14.0 Å². The number of morpholine rings is 1. The number of carboxylic acid groups (broad SMARTS) is 1. The van der Waals surface area contributed by atoms with E-state index < -0.39 is 17.3 Å². The first kappa shape index (κ1) is 15.2. The molecule has 0 aliphatic carbocycles. The summed E-state index contributed by atoms with van der Waals surface area (Å²) >= 11 is 0. The molecule has 1 fully saturated rings. The third-order valence-electron chi connectivity index (χ3n) is 3.41. The first-order valence-corrected chi connectivity index (χ1v) is 6.71. The number of benzene rings is 1. The number of hydrogen-bond donors (Lipinski definition) is 2. The Morgan fingerprint density at radius 3 is 2.95 bits per heavy atom. The number of carbonyl (C=O) groups excluding carboxylic acids is 1.